The fourth-order valence-corrected chi connectivity index (χ4v) is 2.63. The summed E-state index contributed by atoms with van der Waals surface area (Å²) in [6.45, 7) is 3.21. The average molecular weight is 340 g/mol. The summed E-state index contributed by atoms with van der Waals surface area (Å²) in [6.07, 6.45) is 0.221. The van der Waals surface area contributed by atoms with Gasteiger partial charge in [-0.1, -0.05) is 12.1 Å². The lowest BCUT2D eigenvalue weighted by atomic mass is 9.75. The van der Waals surface area contributed by atoms with Gasteiger partial charge in [0, 0.05) is 12.7 Å². The Morgan fingerprint density at radius 2 is 1.96 bits per heavy atom. The number of nitrogens with zero attached hydrogens (tertiary/aromatic N) is 1. The molecule has 2 rings (SSSR count). The van der Waals surface area contributed by atoms with E-state index in [0.717, 1.165) is 18.2 Å². The van der Waals surface area contributed by atoms with Crippen molar-refractivity contribution < 1.29 is 23.5 Å². The van der Waals surface area contributed by atoms with E-state index in [-0.39, 0.29) is 12.8 Å². The molecule has 132 valence electrons. The number of aryl methyl sites for hydroxylation is 1. The summed E-state index contributed by atoms with van der Waals surface area (Å²) in [5.41, 5.74) is 0.136. The number of alkyl halides is 2. The van der Waals surface area contributed by atoms with Crippen molar-refractivity contribution >= 4 is 17.5 Å². The summed E-state index contributed by atoms with van der Waals surface area (Å²) in [7, 11) is 1.13. The Morgan fingerprint density at radius 3 is 2.50 bits per heavy atom. The molecule has 1 saturated carbocycles. The molecule has 0 heterocycles. The van der Waals surface area contributed by atoms with Crippen molar-refractivity contribution in [2.75, 3.05) is 18.9 Å². The zero-order valence-electron chi connectivity index (χ0n) is 14.0. The highest BCUT2D eigenvalue weighted by Gasteiger charge is 2.62. The number of carbonyl (C=O) groups is 2. The Labute approximate surface area is 139 Å². The van der Waals surface area contributed by atoms with Crippen LogP contribution < -0.4 is 5.32 Å². The Morgan fingerprint density at radius 1 is 1.33 bits per heavy atom. The predicted octanol–water partition coefficient (Wildman–Crippen LogP) is 2.25. The first-order chi connectivity index (χ1) is 11.1. The van der Waals surface area contributed by atoms with Crippen LogP contribution in [0.25, 0.3) is 0 Å². The molecule has 0 aliphatic heterocycles. The first-order valence-corrected chi connectivity index (χ1v) is 7.80. The van der Waals surface area contributed by atoms with E-state index in [2.05, 4.69) is 5.32 Å². The van der Waals surface area contributed by atoms with Crippen molar-refractivity contribution in [3.05, 3.63) is 29.3 Å². The SMILES string of the molecule is Cc1cccc(NC(=O)CN(C)C(=O)C(F)(F)C2(O)CCC2)c1C. The van der Waals surface area contributed by atoms with Crippen molar-refractivity contribution in [2.24, 2.45) is 0 Å². The van der Waals surface area contributed by atoms with Gasteiger partial charge in [-0.2, -0.15) is 8.78 Å². The summed E-state index contributed by atoms with van der Waals surface area (Å²) in [5.74, 6) is -6.00. The molecular weight excluding hydrogens is 318 g/mol. The number of benzene rings is 1. The standard InChI is InChI=1S/C17H22F2N2O3/c1-11-6-4-7-13(12(11)2)20-14(22)10-21(3)15(23)17(18,19)16(24)8-5-9-16/h4,6-7,24H,5,8-10H2,1-3H3,(H,20,22). The third kappa shape index (κ3) is 3.26. The first-order valence-electron chi connectivity index (χ1n) is 7.80. The molecule has 1 aliphatic carbocycles. The van der Waals surface area contributed by atoms with Crippen LogP contribution in [-0.2, 0) is 9.59 Å². The molecule has 1 aromatic carbocycles. The zero-order valence-corrected chi connectivity index (χ0v) is 14.0. The monoisotopic (exact) mass is 340 g/mol. The minimum absolute atomic E-state index is 0.117. The van der Waals surface area contributed by atoms with Gasteiger partial charge in [0.1, 0.15) is 5.60 Å². The fraction of sp³-hybridized carbons (Fsp3) is 0.529. The van der Waals surface area contributed by atoms with E-state index in [1.54, 1.807) is 12.1 Å². The molecule has 0 unspecified atom stereocenters. The van der Waals surface area contributed by atoms with E-state index in [9.17, 15) is 23.5 Å². The number of anilines is 1. The quantitative estimate of drug-likeness (QED) is 0.864. The highest BCUT2D eigenvalue weighted by molar-refractivity contribution is 5.96. The van der Waals surface area contributed by atoms with Crippen LogP contribution >= 0.6 is 0 Å². The molecule has 1 fully saturated rings. The third-order valence-electron chi connectivity index (χ3n) is 4.64. The lowest BCUT2D eigenvalue weighted by Crippen LogP contribution is -2.61. The summed E-state index contributed by atoms with van der Waals surface area (Å²) >= 11 is 0. The Balaban J connectivity index is 2.01. The van der Waals surface area contributed by atoms with E-state index in [4.69, 9.17) is 0 Å². The van der Waals surface area contributed by atoms with E-state index in [1.165, 1.54) is 0 Å². The van der Waals surface area contributed by atoms with Gasteiger partial charge < -0.3 is 15.3 Å². The Hall–Kier alpha value is -2.02. The number of hydrogen-bond acceptors (Lipinski definition) is 3. The highest BCUT2D eigenvalue weighted by atomic mass is 19.3. The van der Waals surface area contributed by atoms with E-state index >= 15 is 0 Å². The van der Waals surface area contributed by atoms with Crippen molar-refractivity contribution in [1.29, 1.82) is 0 Å². The first kappa shape index (κ1) is 18.3. The molecule has 2 N–H and O–H groups in total. The predicted molar refractivity (Wildman–Crippen MR) is 85.9 cm³/mol. The summed E-state index contributed by atoms with van der Waals surface area (Å²) < 4.78 is 28.2. The number of amides is 2. The van der Waals surface area contributed by atoms with Gasteiger partial charge in [-0.05, 0) is 50.3 Å². The van der Waals surface area contributed by atoms with Gasteiger partial charge in [-0.15, -0.1) is 0 Å². The zero-order chi connectivity index (χ0) is 18.1. The van der Waals surface area contributed by atoms with Gasteiger partial charge >= 0.3 is 5.92 Å². The van der Waals surface area contributed by atoms with Crippen LogP contribution in [0.2, 0.25) is 0 Å². The number of rotatable bonds is 5. The minimum Gasteiger partial charge on any atom is -0.383 e. The van der Waals surface area contributed by atoms with Crippen LogP contribution in [-0.4, -0.2) is 46.9 Å². The van der Waals surface area contributed by atoms with Gasteiger partial charge in [0.2, 0.25) is 5.91 Å². The van der Waals surface area contributed by atoms with Crippen LogP contribution in [0, 0.1) is 13.8 Å². The van der Waals surface area contributed by atoms with Crippen LogP contribution in [0.3, 0.4) is 0 Å². The van der Waals surface area contributed by atoms with Crippen LogP contribution in [0.15, 0.2) is 18.2 Å². The van der Waals surface area contributed by atoms with Crippen LogP contribution in [0.1, 0.15) is 30.4 Å². The average Bonchev–Trinajstić information content (AvgIpc) is 2.48. The smallest absolute Gasteiger partial charge is 0.352 e. The van der Waals surface area contributed by atoms with Crippen molar-refractivity contribution in [1.82, 2.24) is 4.90 Å². The normalized spacial score (nSPS) is 16.2. The van der Waals surface area contributed by atoms with Crippen LogP contribution in [0.5, 0.6) is 0 Å². The second kappa shape index (κ2) is 6.47. The van der Waals surface area contributed by atoms with E-state index < -0.39 is 29.9 Å². The van der Waals surface area contributed by atoms with E-state index in [1.807, 2.05) is 19.9 Å². The fourth-order valence-electron chi connectivity index (χ4n) is 2.63. The highest BCUT2D eigenvalue weighted by Crippen LogP contribution is 2.44. The number of halogens is 2. The van der Waals surface area contributed by atoms with Crippen molar-refractivity contribution in [3.8, 4) is 0 Å². The molecule has 7 heteroatoms. The summed E-state index contributed by atoms with van der Waals surface area (Å²) in [6, 6.07) is 5.36. The van der Waals surface area contributed by atoms with Gasteiger partial charge in [0.15, 0.2) is 0 Å². The van der Waals surface area contributed by atoms with Gasteiger partial charge in [0.05, 0.1) is 6.54 Å². The summed E-state index contributed by atoms with van der Waals surface area (Å²) in [5, 5.41) is 12.4. The van der Waals surface area contributed by atoms with Gasteiger partial charge in [-0.25, -0.2) is 0 Å². The second-order valence-corrected chi connectivity index (χ2v) is 6.42. The maximum atomic E-state index is 14.1. The number of carbonyl (C=O) groups excluding carboxylic acids is 2. The number of nitrogens with one attached hydrogen (secondary N) is 1. The number of aliphatic hydroxyl groups is 1. The topological polar surface area (TPSA) is 69.6 Å². The van der Waals surface area contributed by atoms with Crippen molar-refractivity contribution in [2.45, 2.75) is 44.6 Å². The molecule has 1 aliphatic rings. The molecule has 0 saturated heterocycles. The largest absolute Gasteiger partial charge is 0.383 e. The molecule has 0 atom stereocenters. The molecule has 0 radical (unpaired) electrons. The van der Waals surface area contributed by atoms with Gasteiger partial charge in [-0.3, -0.25) is 9.59 Å². The molecule has 0 spiro atoms. The van der Waals surface area contributed by atoms with Crippen molar-refractivity contribution in [3.63, 3.8) is 0 Å². The molecule has 0 bridgehead atoms. The number of hydrogen-bond donors (Lipinski definition) is 2. The lowest BCUT2D eigenvalue weighted by molar-refractivity contribution is -0.222. The van der Waals surface area contributed by atoms with Gasteiger partial charge in [0.25, 0.3) is 5.91 Å². The molecule has 2 amide bonds. The third-order valence-corrected chi connectivity index (χ3v) is 4.64. The Bertz CT molecular complexity index is 657. The maximum absolute atomic E-state index is 14.1. The second-order valence-electron chi connectivity index (χ2n) is 6.42. The maximum Gasteiger partial charge on any atom is 0.352 e. The lowest BCUT2D eigenvalue weighted by Gasteiger charge is -2.42. The number of likely N-dealkylation sites (N-methyl/N-ethyl adjacent to an activating group) is 1. The molecular formula is C17H22F2N2O3. The Kier molecular flexibility index (Phi) is 4.94. The molecule has 24 heavy (non-hydrogen) atoms. The van der Waals surface area contributed by atoms with Crippen LogP contribution in [0.4, 0.5) is 14.5 Å². The molecule has 1 aromatic rings. The summed E-state index contributed by atoms with van der Waals surface area (Å²) in [4.78, 5) is 24.6. The molecule has 0 aromatic heterocycles. The van der Waals surface area contributed by atoms with E-state index in [0.29, 0.717) is 17.0 Å². The molecule has 5 nitrogen and oxygen atoms in total. The minimum atomic E-state index is -3.89.